The van der Waals surface area contributed by atoms with Gasteiger partial charge in [-0.05, 0) is 57.0 Å². The Morgan fingerprint density at radius 3 is 1.73 bits per heavy atom. The normalized spacial score (nSPS) is 28.9. The Hall–Kier alpha value is -0.0800. The minimum atomic E-state index is 0.861. The van der Waals surface area contributed by atoms with E-state index in [2.05, 4.69) is 0 Å². The lowest BCUT2D eigenvalue weighted by Crippen LogP contribution is -2.00. The molecule has 0 bridgehead atoms. The molecule has 1 rings (SSSR count). The van der Waals surface area contributed by atoms with E-state index in [1.165, 1.54) is 32.1 Å². The third-order valence-corrected chi connectivity index (χ3v) is 2.63. The molecule has 2 unspecified atom stereocenters. The van der Waals surface area contributed by atoms with E-state index >= 15 is 0 Å². The Kier molecular flexibility index (Phi) is 3.87. The van der Waals surface area contributed by atoms with Crippen LogP contribution in [0.2, 0.25) is 0 Å². The highest BCUT2D eigenvalue weighted by molar-refractivity contribution is 4.85. The molecule has 0 spiro atoms. The maximum atomic E-state index is 5.43. The van der Waals surface area contributed by atoms with Gasteiger partial charge in [0, 0.05) is 0 Å². The molecule has 1 saturated carbocycles. The lowest BCUT2D eigenvalue weighted by atomic mass is 10.1. The molecular formula is C9H20N2. The van der Waals surface area contributed by atoms with Crippen LogP contribution in [-0.4, -0.2) is 13.1 Å². The van der Waals surface area contributed by atoms with Crippen LogP contribution >= 0.6 is 0 Å². The van der Waals surface area contributed by atoms with Crippen molar-refractivity contribution in [2.24, 2.45) is 23.3 Å². The van der Waals surface area contributed by atoms with E-state index in [-0.39, 0.29) is 0 Å². The van der Waals surface area contributed by atoms with Crippen molar-refractivity contribution in [3.8, 4) is 0 Å². The number of rotatable bonds is 6. The van der Waals surface area contributed by atoms with Crippen LogP contribution in [0.25, 0.3) is 0 Å². The first kappa shape index (κ1) is 9.01. The zero-order valence-corrected chi connectivity index (χ0v) is 7.26. The Morgan fingerprint density at radius 1 is 0.909 bits per heavy atom. The first-order chi connectivity index (χ1) is 5.38. The molecule has 2 nitrogen and oxygen atoms in total. The fraction of sp³-hybridized carbons (Fsp3) is 1.00. The predicted octanol–water partition coefficient (Wildman–Crippen LogP) is 1.10. The largest absolute Gasteiger partial charge is 0.330 e. The predicted molar refractivity (Wildman–Crippen MR) is 48.2 cm³/mol. The molecule has 4 N–H and O–H groups in total. The van der Waals surface area contributed by atoms with Crippen LogP contribution in [-0.2, 0) is 0 Å². The highest BCUT2D eigenvalue weighted by atomic mass is 14.5. The van der Waals surface area contributed by atoms with E-state index in [0.717, 1.165) is 24.9 Å². The summed E-state index contributed by atoms with van der Waals surface area (Å²) in [6.07, 6.45) is 6.57. The molecule has 1 aliphatic carbocycles. The number of nitrogens with two attached hydrogens (primary N) is 2. The van der Waals surface area contributed by atoms with Gasteiger partial charge in [-0.2, -0.15) is 0 Å². The molecule has 1 aliphatic rings. The number of hydrogen-bond donors (Lipinski definition) is 2. The molecule has 0 heterocycles. The summed E-state index contributed by atoms with van der Waals surface area (Å²) in [7, 11) is 0. The van der Waals surface area contributed by atoms with Gasteiger partial charge >= 0.3 is 0 Å². The molecule has 0 aromatic heterocycles. The molecule has 2 heteroatoms. The molecule has 0 aliphatic heterocycles. The molecule has 0 radical (unpaired) electrons. The summed E-state index contributed by atoms with van der Waals surface area (Å²) >= 11 is 0. The van der Waals surface area contributed by atoms with Crippen molar-refractivity contribution in [2.45, 2.75) is 32.1 Å². The van der Waals surface area contributed by atoms with E-state index in [1.54, 1.807) is 0 Å². The third kappa shape index (κ3) is 3.21. The van der Waals surface area contributed by atoms with Gasteiger partial charge in [0.15, 0.2) is 0 Å². The molecule has 0 saturated heterocycles. The summed E-state index contributed by atoms with van der Waals surface area (Å²) in [6, 6.07) is 0. The summed E-state index contributed by atoms with van der Waals surface area (Å²) in [6.45, 7) is 1.72. The fourth-order valence-electron chi connectivity index (χ4n) is 1.78. The standard InChI is InChI=1S/C9H20N2/c10-5-1-3-8-7-9(8)4-2-6-11/h8-9H,1-7,10-11H2. The Labute approximate surface area is 69.3 Å². The quantitative estimate of drug-likeness (QED) is 0.605. The first-order valence-corrected chi connectivity index (χ1v) is 4.78. The van der Waals surface area contributed by atoms with E-state index in [0.29, 0.717) is 0 Å². The van der Waals surface area contributed by atoms with Crippen LogP contribution in [0.1, 0.15) is 32.1 Å². The molecule has 2 atom stereocenters. The van der Waals surface area contributed by atoms with Crippen LogP contribution < -0.4 is 11.5 Å². The Balaban J connectivity index is 1.89. The van der Waals surface area contributed by atoms with Crippen molar-refractivity contribution in [2.75, 3.05) is 13.1 Å². The van der Waals surface area contributed by atoms with Gasteiger partial charge in [-0.3, -0.25) is 0 Å². The van der Waals surface area contributed by atoms with Crippen molar-refractivity contribution in [1.82, 2.24) is 0 Å². The average Bonchev–Trinajstić information content (AvgIpc) is 2.76. The SMILES string of the molecule is NCCCC1CC1CCCN. The van der Waals surface area contributed by atoms with Crippen molar-refractivity contribution < 1.29 is 0 Å². The van der Waals surface area contributed by atoms with Gasteiger partial charge in [-0.1, -0.05) is 0 Å². The second-order valence-electron chi connectivity index (χ2n) is 3.62. The van der Waals surface area contributed by atoms with Crippen molar-refractivity contribution in [3.63, 3.8) is 0 Å². The lowest BCUT2D eigenvalue weighted by Gasteiger charge is -1.97. The summed E-state index contributed by atoms with van der Waals surface area (Å²) in [4.78, 5) is 0. The minimum Gasteiger partial charge on any atom is -0.330 e. The Bertz CT molecular complexity index is 91.7. The van der Waals surface area contributed by atoms with Gasteiger partial charge in [0.25, 0.3) is 0 Å². The molecular weight excluding hydrogens is 136 g/mol. The molecule has 66 valence electrons. The molecule has 11 heavy (non-hydrogen) atoms. The lowest BCUT2D eigenvalue weighted by molar-refractivity contribution is 0.573. The van der Waals surface area contributed by atoms with E-state index < -0.39 is 0 Å². The average molecular weight is 156 g/mol. The van der Waals surface area contributed by atoms with Crippen LogP contribution in [0, 0.1) is 11.8 Å². The highest BCUT2D eigenvalue weighted by Crippen LogP contribution is 2.44. The van der Waals surface area contributed by atoms with Crippen LogP contribution in [0.15, 0.2) is 0 Å². The van der Waals surface area contributed by atoms with Crippen LogP contribution in [0.3, 0.4) is 0 Å². The zero-order valence-electron chi connectivity index (χ0n) is 7.26. The smallest absolute Gasteiger partial charge is 0.00772 e. The van der Waals surface area contributed by atoms with Gasteiger partial charge in [0.2, 0.25) is 0 Å². The minimum absolute atomic E-state index is 0.861. The highest BCUT2D eigenvalue weighted by Gasteiger charge is 2.34. The Morgan fingerprint density at radius 2 is 1.36 bits per heavy atom. The van der Waals surface area contributed by atoms with Crippen molar-refractivity contribution in [1.29, 1.82) is 0 Å². The van der Waals surface area contributed by atoms with Crippen molar-refractivity contribution >= 4 is 0 Å². The maximum Gasteiger partial charge on any atom is -0.00772 e. The first-order valence-electron chi connectivity index (χ1n) is 4.78. The molecule has 0 aromatic carbocycles. The molecule has 0 aromatic rings. The molecule has 1 fully saturated rings. The van der Waals surface area contributed by atoms with Gasteiger partial charge in [0.1, 0.15) is 0 Å². The summed E-state index contributed by atoms with van der Waals surface area (Å²) in [5.74, 6) is 2.01. The second kappa shape index (κ2) is 4.73. The fourth-order valence-corrected chi connectivity index (χ4v) is 1.78. The van der Waals surface area contributed by atoms with Crippen LogP contribution in [0.4, 0.5) is 0 Å². The van der Waals surface area contributed by atoms with Gasteiger partial charge < -0.3 is 11.5 Å². The van der Waals surface area contributed by atoms with Crippen molar-refractivity contribution in [3.05, 3.63) is 0 Å². The monoisotopic (exact) mass is 156 g/mol. The topological polar surface area (TPSA) is 52.0 Å². The van der Waals surface area contributed by atoms with Gasteiger partial charge in [-0.15, -0.1) is 0 Å². The maximum absolute atomic E-state index is 5.43. The third-order valence-electron chi connectivity index (χ3n) is 2.63. The number of hydrogen-bond acceptors (Lipinski definition) is 2. The second-order valence-corrected chi connectivity index (χ2v) is 3.62. The van der Waals surface area contributed by atoms with E-state index in [1.807, 2.05) is 0 Å². The zero-order chi connectivity index (χ0) is 8.10. The summed E-state index contributed by atoms with van der Waals surface area (Å²) in [5, 5.41) is 0. The van der Waals surface area contributed by atoms with Gasteiger partial charge in [-0.25, -0.2) is 0 Å². The van der Waals surface area contributed by atoms with Crippen LogP contribution in [0.5, 0.6) is 0 Å². The summed E-state index contributed by atoms with van der Waals surface area (Å²) in [5.41, 5.74) is 10.9. The van der Waals surface area contributed by atoms with Gasteiger partial charge in [0.05, 0.1) is 0 Å². The van der Waals surface area contributed by atoms with E-state index in [9.17, 15) is 0 Å². The van der Waals surface area contributed by atoms with E-state index in [4.69, 9.17) is 11.5 Å². The molecule has 0 amide bonds. The summed E-state index contributed by atoms with van der Waals surface area (Å²) < 4.78 is 0.